The molecule has 1 saturated heterocycles. The van der Waals surface area contributed by atoms with Crippen LogP contribution in [0, 0.1) is 0 Å². The molecule has 0 saturated carbocycles. The summed E-state index contributed by atoms with van der Waals surface area (Å²) in [5.41, 5.74) is 11.3. The van der Waals surface area contributed by atoms with E-state index in [0.29, 0.717) is 5.37 Å². The molecule has 2 aromatic heterocycles. The number of aryl methyl sites for hydroxylation is 1. The minimum Gasteiger partial charge on any atom is -0.330 e. The highest BCUT2D eigenvalue weighted by atomic mass is 32.2. The predicted octanol–water partition coefficient (Wildman–Crippen LogP) is 1.41. The van der Waals surface area contributed by atoms with Crippen LogP contribution in [-0.2, 0) is 6.54 Å². The van der Waals surface area contributed by atoms with Crippen molar-refractivity contribution in [3.63, 3.8) is 0 Å². The summed E-state index contributed by atoms with van der Waals surface area (Å²) in [6.07, 6.45) is 7.62. The number of benzene rings is 1. The average Bonchev–Trinajstić information content (AvgIpc) is 3.37. The molecular formula is C16H19N7S. The molecule has 3 aromatic rings. The van der Waals surface area contributed by atoms with Crippen molar-refractivity contribution in [2.24, 2.45) is 0 Å². The van der Waals surface area contributed by atoms with Gasteiger partial charge in [0, 0.05) is 49.2 Å². The summed E-state index contributed by atoms with van der Waals surface area (Å²) in [5, 5.41) is 4.70. The van der Waals surface area contributed by atoms with Gasteiger partial charge < -0.3 is 4.57 Å². The summed E-state index contributed by atoms with van der Waals surface area (Å²) in [6, 6.07) is 10.2. The van der Waals surface area contributed by atoms with Crippen molar-refractivity contribution >= 4 is 11.8 Å². The van der Waals surface area contributed by atoms with Crippen LogP contribution in [0.2, 0.25) is 0 Å². The largest absolute Gasteiger partial charge is 0.330 e. The molecule has 4 rings (SSSR count). The van der Waals surface area contributed by atoms with Crippen LogP contribution in [-0.4, -0.2) is 37.0 Å². The molecule has 24 heavy (non-hydrogen) atoms. The first-order valence-corrected chi connectivity index (χ1v) is 8.91. The van der Waals surface area contributed by atoms with Crippen molar-refractivity contribution < 1.29 is 0 Å². The highest BCUT2D eigenvalue weighted by Crippen LogP contribution is 2.21. The van der Waals surface area contributed by atoms with Gasteiger partial charge in [0.15, 0.2) is 0 Å². The van der Waals surface area contributed by atoms with Crippen LogP contribution in [0.15, 0.2) is 55.1 Å². The summed E-state index contributed by atoms with van der Waals surface area (Å²) < 4.78 is 4.06. The zero-order chi connectivity index (χ0) is 16.2. The van der Waals surface area contributed by atoms with Crippen molar-refractivity contribution in [2.45, 2.75) is 11.9 Å². The van der Waals surface area contributed by atoms with Gasteiger partial charge >= 0.3 is 0 Å². The van der Waals surface area contributed by atoms with Crippen molar-refractivity contribution in [1.82, 2.24) is 35.7 Å². The van der Waals surface area contributed by atoms with E-state index in [-0.39, 0.29) is 0 Å². The van der Waals surface area contributed by atoms with Crippen LogP contribution < -0.4 is 16.4 Å². The lowest BCUT2D eigenvalue weighted by Crippen LogP contribution is -2.32. The quantitative estimate of drug-likeness (QED) is 0.630. The third kappa shape index (κ3) is 3.36. The van der Waals surface area contributed by atoms with E-state index in [4.69, 9.17) is 0 Å². The van der Waals surface area contributed by atoms with Crippen LogP contribution in [0.3, 0.4) is 0 Å². The summed E-state index contributed by atoms with van der Waals surface area (Å²) in [7, 11) is 0. The predicted molar refractivity (Wildman–Crippen MR) is 95.3 cm³/mol. The van der Waals surface area contributed by atoms with E-state index in [1.807, 2.05) is 53.2 Å². The lowest BCUT2D eigenvalue weighted by molar-refractivity contribution is 0.586. The van der Waals surface area contributed by atoms with Gasteiger partial charge in [0.2, 0.25) is 0 Å². The highest BCUT2D eigenvalue weighted by molar-refractivity contribution is 7.99. The highest BCUT2D eigenvalue weighted by Gasteiger charge is 2.13. The Morgan fingerprint density at radius 3 is 3.04 bits per heavy atom. The Hall–Kier alpha value is -2.13. The maximum atomic E-state index is 4.54. The average molecular weight is 341 g/mol. The first kappa shape index (κ1) is 15.4. The second-order valence-electron chi connectivity index (χ2n) is 5.45. The molecule has 0 aliphatic carbocycles. The minimum absolute atomic E-state index is 0.403. The van der Waals surface area contributed by atoms with Gasteiger partial charge in [-0.25, -0.2) is 20.5 Å². The first-order valence-electron chi connectivity index (χ1n) is 7.87. The minimum atomic E-state index is 0.403. The Morgan fingerprint density at radius 1 is 1.21 bits per heavy atom. The zero-order valence-corrected chi connectivity index (χ0v) is 13.9. The number of rotatable bonds is 6. The number of hydrogen-bond acceptors (Lipinski definition) is 6. The number of hydrogen-bond donors (Lipinski definition) is 3. The first-order chi connectivity index (χ1) is 11.9. The van der Waals surface area contributed by atoms with Gasteiger partial charge in [-0.05, 0) is 18.2 Å². The lowest BCUT2D eigenvalue weighted by atomic mass is 10.2. The van der Waals surface area contributed by atoms with Gasteiger partial charge in [-0.1, -0.05) is 12.1 Å². The fourth-order valence-corrected chi connectivity index (χ4v) is 3.61. The van der Waals surface area contributed by atoms with E-state index in [1.54, 1.807) is 6.20 Å². The molecule has 0 bridgehead atoms. The molecule has 8 heteroatoms. The summed E-state index contributed by atoms with van der Waals surface area (Å²) in [5.74, 6) is 2.00. The molecule has 7 nitrogen and oxygen atoms in total. The second kappa shape index (κ2) is 7.18. The molecular weight excluding hydrogens is 322 g/mol. The maximum absolute atomic E-state index is 4.54. The van der Waals surface area contributed by atoms with E-state index >= 15 is 0 Å². The topological polar surface area (TPSA) is 71.7 Å². The number of nitrogens with zero attached hydrogens (tertiary/aromatic N) is 4. The molecule has 1 fully saturated rings. The Bertz CT molecular complexity index is 777. The third-order valence-corrected chi connectivity index (χ3v) is 4.95. The molecule has 1 aliphatic heterocycles. The second-order valence-corrected chi connectivity index (χ2v) is 6.77. The Morgan fingerprint density at radius 2 is 2.21 bits per heavy atom. The van der Waals surface area contributed by atoms with Crippen molar-refractivity contribution in [3.8, 4) is 17.1 Å². The molecule has 0 spiro atoms. The maximum Gasteiger partial charge on any atom is 0.139 e. The molecule has 0 radical (unpaired) electrons. The lowest BCUT2D eigenvalue weighted by Gasteiger charge is -2.11. The van der Waals surface area contributed by atoms with Gasteiger partial charge in [0.25, 0.3) is 0 Å². The summed E-state index contributed by atoms with van der Waals surface area (Å²) >= 11 is 1.89. The summed E-state index contributed by atoms with van der Waals surface area (Å²) in [4.78, 5) is 4.54. The number of imidazole rings is 1. The van der Waals surface area contributed by atoms with E-state index in [2.05, 4.69) is 43.2 Å². The Labute approximate surface area is 144 Å². The normalized spacial score (nSPS) is 17.4. The van der Waals surface area contributed by atoms with Gasteiger partial charge in [-0.15, -0.1) is 11.8 Å². The Balaban J connectivity index is 1.48. The van der Waals surface area contributed by atoms with Crippen molar-refractivity contribution in [1.29, 1.82) is 0 Å². The van der Waals surface area contributed by atoms with Crippen LogP contribution >= 0.6 is 11.8 Å². The molecule has 3 N–H and O–H groups in total. The third-order valence-electron chi connectivity index (χ3n) is 3.85. The number of thioether (sulfide) groups is 1. The zero-order valence-electron chi connectivity index (χ0n) is 13.1. The molecule has 1 aliphatic rings. The standard InChI is InChI=1S/C16H19N7S/c1-3-13(11-14(4-1)23-7-2-5-19-23)16-17-6-8-22(16)9-10-24-15-12-18-21-20-15/h1-8,11,15,18,20-21H,9-10,12H2. The van der Waals surface area contributed by atoms with E-state index in [1.165, 1.54) is 0 Å². The van der Waals surface area contributed by atoms with E-state index < -0.39 is 0 Å². The number of hydrazine groups is 2. The Kier molecular flexibility index (Phi) is 4.61. The SMILES string of the molecule is c1cc(-c2nccn2CCSC2CNNN2)cc(-n2cccn2)c1. The van der Waals surface area contributed by atoms with E-state index in [0.717, 1.165) is 35.9 Å². The molecule has 3 heterocycles. The molecule has 1 atom stereocenters. The molecule has 124 valence electrons. The number of aromatic nitrogens is 4. The van der Waals surface area contributed by atoms with Crippen LogP contribution in [0.1, 0.15) is 0 Å². The fourth-order valence-electron chi connectivity index (χ4n) is 2.68. The van der Waals surface area contributed by atoms with Crippen LogP contribution in [0.4, 0.5) is 0 Å². The van der Waals surface area contributed by atoms with Crippen LogP contribution in [0.25, 0.3) is 17.1 Å². The van der Waals surface area contributed by atoms with Gasteiger partial charge in [-0.2, -0.15) is 10.6 Å². The van der Waals surface area contributed by atoms with Crippen molar-refractivity contribution in [3.05, 3.63) is 55.1 Å². The fraction of sp³-hybridized carbons (Fsp3) is 0.250. The van der Waals surface area contributed by atoms with Crippen molar-refractivity contribution in [2.75, 3.05) is 12.3 Å². The van der Waals surface area contributed by atoms with E-state index in [9.17, 15) is 0 Å². The number of nitrogens with one attached hydrogen (secondary N) is 3. The monoisotopic (exact) mass is 341 g/mol. The van der Waals surface area contributed by atoms with Crippen LogP contribution in [0.5, 0.6) is 0 Å². The summed E-state index contributed by atoms with van der Waals surface area (Å²) in [6.45, 7) is 1.84. The smallest absolute Gasteiger partial charge is 0.139 e. The molecule has 1 aromatic carbocycles. The molecule has 1 unspecified atom stereocenters. The van der Waals surface area contributed by atoms with Gasteiger partial charge in [-0.3, -0.25) is 0 Å². The molecule has 0 amide bonds. The van der Waals surface area contributed by atoms with Gasteiger partial charge in [0.1, 0.15) is 5.82 Å². The van der Waals surface area contributed by atoms with Gasteiger partial charge in [0.05, 0.1) is 11.1 Å².